The number of nitrogens with one attached hydrogen (secondary N) is 2. The van der Waals surface area contributed by atoms with Gasteiger partial charge in [0.05, 0.1) is 5.69 Å². The predicted molar refractivity (Wildman–Crippen MR) is 90.9 cm³/mol. The summed E-state index contributed by atoms with van der Waals surface area (Å²) in [6, 6.07) is 0. The molecule has 2 aliphatic rings. The Morgan fingerprint density at radius 3 is 2.56 bits per heavy atom. The number of aromatic nitrogens is 4. The molecule has 4 rings (SSSR count). The molecule has 2 aromatic heterocycles. The molecule has 2 atom stereocenters. The van der Waals surface area contributed by atoms with Gasteiger partial charge >= 0.3 is 6.18 Å². The van der Waals surface area contributed by atoms with E-state index >= 15 is 0 Å². The number of anilines is 2. The van der Waals surface area contributed by atoms with Crippen LogP contribution in [0.3, 0.4) is 0 Å². The Kier molecular flexibility index (Phi) is 4.34. The van der Waals surface area contributed by atoms with E-state index in [0.717, 1.165) is 10.1 Å². The van der Waals surface area contributed by atoms with E-state index in [-0.39, 0.29) is 23.0 Å². The van der Waals surface area contributed by atoms with Crippen LogP contribution >= 0.6 is 11.3 Å². The topological polar surface area (TPSA) is 107 Å². The lowest BCUT2D eigenvalue weighted by atomic mass is 9.83. The summed E-state index contributed by atoms with van der Waals surface area (Å²) in [5.41, 5.74) is 0.110. The third kappa shape index (κ3) is 3.16. The zero-order valence-corrected chi connectivity index (χ0v) is 15.1. The maximum atomic E-state index is 13.6. The van der Waals surface area contributed by atoms with Crippen LogP contribution in [0.2, 0.25) is 0 Å². The van der Waals surface area contributed by atoms with Crippen molar-refractivity contribution in [2.75, 3.05) is 23.3 Å². The largest absolute Gasteiger partial charge is 0.398 e. The summed E-state index contributed by atoms with van der Waals surface area (Å²) < 4.78 is 40.7. The van der Waals surface area contributed by atoms with Gasteiger partial charge in [-0.15, -0.1) is 10.2 Å². The summed E-state index contributed by atoms with van der Waals surface area (Å²) >= 11 is 1.47. The minimum atomic E-state index is -4.75. The molecule has 1 amide bonds. The molecule has 0 spiro atoms. The van der Waals surface area contributed by atoms with Crippen molar-refractivity contribution >= 4 is 28.2 Å². The van der Waals surface area contributed by atoms with Crippen molar-refractivity contribution in [2.45, 2.75) is 43.9 Å². The number of carbonyl (C=O) groups excluding carboxylic acids is 1. The number of alkyl halides is 3. The summed E-state index contributed by atoms with van der Waals surface area (Å²) in [6.07, 6.45) is -5.76. The molecular formula is C15H17F3N6O2S. The number of rotatable bonds is 2. The Morgan fingerprint density at radius 1 is 1.26 bits per heavy atom. The molecule has 0 aliphatic carbocycles. The molecule has 2 aliphatic heterocycles. The summed E-state index contributed by atoms with van der Waals surface area (Å²) in [5, 5.41) is 28.4. The highest BCUT2D eigenvalue weighted by Crippen LogP contribution is 2.47. The first-order valence-corrected chi connectivity index (χ1v) is 9.26. The summed E-state index contributed by atoms with van der Waals surface area (Å²) in [7, 11) is 0. The fraction of sp³-hybridized carbons (Fsp3) is 0.600. The van der Waals surface area contributed by atoms with Crippen molar-refractivity contribution in [1.82, 2.24) is 20.4 Å². The summed E-state index contributed by atoms with van der Waals surface area (Å²) in [5.74, 6) is -3.65. The quantitative estimate of drug-likeness (QED) is 0.709. The molecule has 2 aromatic rings. The number of H-pyrrole nitrogens is 1. The predicted octanol–water partition coefficient (Wildman–Crippen LogP) is 1.91. The standard InChI is InChI=1S/C15H17F3N6O2S/c1-6-20-23-14(27-6)24-4-2-7(3-5-24)10-8-9(15(16,17)18)11(25)13(26)19-12(8)22-21-10/h7,9,11,25H,2-5H2,1H3,(H2,19,21,22,26)/t9-,11-/m1/s1. The number of carbonyl (C=O) groups is 1. The van der Waals surface area contributed by atoms with E-state index in [1.807, 2.05) is 6.92 Å². The lowest BCUT2D eigenvalue weighted by Gasteiger charge is -2.33. The minimum Gasteiger partial charge on any atom is -0.382 e. The number of halogens is 3. The fourth-order valence-electron chi connectivity index (χ4n) is 3.69. The van der Waals surface area contributed by atoms with Gasteiger partial charge in [-0.1, -0.05) is 11.3 Å². The molecule has 0 bridgehead atoms. The summed E-state index contributed by atoms with van der Waals surface area (Å²) in [4.78, 5) is 13.7. The van der Waals surface area contributed by atoms with Crippen molar-refractivity contribution in [2.24, 2.45) is 0 Å². The van der Waals surface area contributed by atoms with E-state index in [1.165, 1.54) is 11.3 Å². The van der Waals surface area contributed by atoms with Crippen molar-refractivity contribution in [3.63, 3.8) is 0 Å². The number of aliphatic hydroxyl groups excluding tert-OH is 1. The SMILES string of the molecule is Cc1nnc(N2CCC(c3n[nH]c4c3[C@@H](C(F)(F)F)[C@@H](O)C(=O)N4)CC2)s1. The molecule has 0 saturated carbocycles. The van der Waals surface area contributed by atoms with Crippen LogP contribution in [0.5, 0.6) is 0 Å². The normalized spacial score (nSPS) is 24.0. The third-order valence-electron chi connectivity index (χ3n) is 5.00. The van der Waals surface area contributed by atoms with Gasteiger partial charge < -0.3 is 15.3 Å². The zero-order valence-electron chi connectivity index (χ0n) is 14.2. The maximum Gasteiger partial charge on any atom is 0.398 e. The number of hydrogen-bond acceptors (Lipinski definition) is 7. The Balaban J connectivity index is 1.59. The lowest BCUT2D eigenvalue weighted by molar-refractivity contribution is -0.177. The number of aryl methyl sites for hydroxylation is 1. The minimum absolute atomic E-state index is 0.0789. The number of aromatic amines is 1. The molecule has 0 unspecified atom stereocenters. The van der Waals surface area contributed by atoms with Crippen LogP contribution in [-0.2, 0) is 4.79 Å². The van der Waals surface area contributed by atoms with Gasteiger partial charge in [-0.2, -0.15) is 18.3 Å². The Hall–Kier alpha value is -2.21. The van der Waals surface area contributed by atoms with Crippen molar-refractivity contribution in [1.29, 1.82) is 0 Å². The molecule has 1 fully saturated rings. The molecule has 12 heteroatoms. The smallest absolute Gasteiger partial charge is 0.382 e. The second kappa shape index (κ2) is 6.44. The van der Waals surface area contributed by atoms with Gasteiger partial charge in [0.1, 0.15) is 22.8 Å². The second-order valence-corrected chi connectivity index (χ2v) is 7.88. The van der Waals surface area contributed by atoms with Crippen LogP contribution in [0.25, 0.3) is 0 Å². The molecule has 0 aromatic carbocycles. The first-order valence-electron chi connectivity index (χ1n) is 8.44. The Morgan fingerprint density at radius 2 is 1.96 bits per heavy atom. The van der Waals surface area contributed by atoms with Crippen LogP contribution in [-0.4, -0.2) is 56.8 Å². The van der Waals surface area contributed by atoms with Gasteiger partial charge in [-0.3, -0.25) is 9.89 Å². The van der Waals surface area contributed by atoms with Crippen LogP contribution in [0.15, 0.2) is 0 Å². The number of fused-ring (bicyclic) bond motifs is 1. The lowest BCUT2D eigenvalue weighted by Crippen LogP contribution is -2.44. The highest BCUT2D eigenvalue weighted by Gasteiger charge is 2.53. The maximum absolute atomic E-state index is 13.6. The van der Waals surface area contributed by atoms with Crippen LogP contribution in [0, 0.1) is 6.92 Å². The van der Waals surface area contributed by atoms with Crippen molar-refractivity contribution < 1.29 is 23.1 Å². The van der Waals surface area contributed by atoms with Crippen LogP contribution in [0.1, 0.15) is 40.9 Å². The van der Waals surface area contributed by atoms with E-state index in [2.05, 4.69) is 30.6 Å². The number of amides is 1. The second-order valence-electron chi connectivity index (χ2n) is 6.72. The highest BCUT2D eigenvalue weighted by molar-refractivity contribution is 7.15. The van der Waals surface area contributed by atoms with E-state index in [0.29, 0.717) is 25.9 Å². The molecule has 4 heterocycles. The van der Waals surface area contributed by atoms with E-state index in [1.54, 1.807) is 0 Å². The van der Waals surface area contributed by atoms with Crippen LogP contribution < -0.4 is 10.2 Å². The highest BCUT2D eigenvalue weighted by atomic mass is 32.1. The fourth-order valence-corrected chi connectivity index (χ4v) is 4.43. The van der Waals surface area contributed by atoms with Gasteiger partial charge in [0.2, 0.25) is 5.13 Å². The van der Waals surface area contributed by atoms with Gasteiger partial charge in [0.25, 0.3) is 5.91 Å². The number of nitrogens with zero attached hydrogens (tertiary/aromatic N) is 4. The van der Waals surface area contributed by atoms with E-state index in [4.69, 9.17) is 0 Å². The van der Waals surface area contributed by atoms with Gasteiger partial charge in [-0.05, 0) is 19.8 Å². The number of aliphatic hydroxyl groups is 1. The average molecular weight is 402 g/mol. The first-order chi connectivity index (χ1) is 12.8. The Labute approximate surface area is 155 Å². The zero-order chi connectivity index (χ0) is 19.3. The number of piperidine rings is 1. The molecule has 8 nitrogen and oxygen atoms in total. The van der Waals surface area contributed by atoms with Crippen LogP contribution in [0.4, 0.5) is 24.1 Å². The number of hydrogen-bond donors (Lipinski definition) is 3. The van der Waals surface area contributed by atoms with Crippen molar-refractivity contribution in [3.8, 4) is 0 Å². The summed E-state index contributed by atoms with van der Waals surface area (Å²) in [6.45, 7) is 3.10. The molecule has 1 saturated heterocycles. The van der Waals surface area contributed by atoms with E-state index < -0.39 is 24.1 Å². The molecule has 27 heavy (non-hydrogen) atoms. The molecule has 0 radical (unpaired) electrons. The van der Waals surface area contributed by atoms with Gasteiger partial charge in [0, 0.05) is 24.6 Å². The monoisotopic (exact) mass is 402 g/mol. The Bertz CT molecular complexity index is 858. The first kappa shape index (κ1) is 18.2. The molecular weight excluding hydrogens is 385 g/mol. The third-order valence-corrected chi connectivity index (χ3v) is 5.90. The van der Waals surface area contributed by atoms with Crippen molar-refractivity contribution in [3.05, 3.63) is 16.3 Å². The average Bonchev–Trinajstić information content (AvgIpc) is 3.21. The molecule has 146 valence electrons. The van der Waals surface area contributed by atoms with Gasteiger partial charge in [0.15, 0.2) is 0 Å². The van der Waals surface area contributed by atoms with Gasteiger partial charge in [-0.25, -0.2) is 0 Å². The molecule has 3 N–H and O–H groups in total. The van der Waals surface area contributed by atoms with E-state index in [9.17, 15) is 23.1 Å².